The van der Waals surface area contributed by atoms with Crippen molar-refractivity contribution in [2.45, 2.75) is 103 Å². The Morgan fingerprint density at radius 3 is 2.62 bits per heavy atom. The number of esters is 1. The largest absolute Gasteiger partial charge is 0.871 e. The van der Waals surface area contributed by atoms with Crippen LogP contribution in [0.25, 0.3) is 0 Å². The van der Waals surface area contributed by atoms with E-state index in [0.29, 0.717) is 24.2 Å². The van der Waals surface area contributed by atoms with Gasteiger partial charge in [-0.25, -0.2) is 4.79 Å². The fourth-order valence-electron chi connectivity index (χ4n) is 5.20. The van der Waals surface area contributed by atoms with E-state index in [9.17, 15) is 35.0 Å². The zero-order valence-electron chi connectivity index (χ0n) is 23.7. The van der Waals surface area contributed by atoms with Gasteiger partial charge in [-0.1, -0.05) is 75.5 Å². The molecule has 1 fully saturated rings. The molecule has 4 N–H and O–H groups in total. The number of anilines is 1. The minimum Gasteiger partial charge on any atom is -0.871 e. The molecule has 0 heterocycles. The Kier molecular flexibility index (Phi) is 14.7. The number of carbonyl (C=O) groups excluding carboxylic acids is 3. The highest BCUT2D eigenvalue weighted by molar-refractivity contribution is 5.85. The monoisotopic (exact) mass is 561 g/mol. The molecule has 224 valence electrons. The van der Waals surface area contributed by atoms with Gasteiger partial charge in [0.15, 0.2) is 0 Å². The third-order valence-corrected chi connectivity index (χ3v) is 7.51. The third kappa shape index (κ3) is 11.3. The van der Waals surface area contributed by atoms with Gasteiger partial charge in [0, 0.05) is 25.2 Å². The third-order valence-electron chi connectivity index (χ3n) is 7.51. The van der Waals surface area contributed by atoms with Crippen LogP contribution >= 0.6 is 0 Å². The zero-order chi connectivity index (χ0) is 29.5. The molecule has 0 radical (unpaired) electrons. The van der Waals surface area contributed by atoms with Gasteiger partial charge in [-0.2, -0.15) is 0 Å². The summed E-state index contributed by atoms with van der Waals surface area (Å²) in [5.74, 6) is -1.07. The Labute approximate surface area is 236 Å². The van der Waals surface area contributed by atoms with Gasteiger partial charge >= 0.3 is 5.97 Å². The number of aliphatic hydroxyl groups is 1. The van der Waals surface area contributed by atoms with Crippen LogP contribution in [0, 0.1) is 11.8 Å². The summed E-state index contributed by atoms with van der Waals surface area (Å²) in [7, 11) is 1.21. The van der Waals surface area contributed by atoms with Crippen LogP contribution in [0.1, 0.15) is 89.5 Å². The fraction of sp³-hybridized carbons (Fsp3) is 0.633. The number of ketones is 1. The maximum absolute atomic E-state index is 12.5. The number of amides is 1. The van der Waals surface area contributed by atoms with Crippen LogP contribution in [-0.4, -0.2) is 52.4 Å². The molecule has 1 aromatic carbocycles. The van der Waals surface area contributed by atoms with Crippen LogP contribution in [0.4, 0.5) is 5.69 Å². The van der Waals surface area contributed by atoms with Gasteiger partial charge in [-0.05, 0) is 43.2 Å². The summed E-state index contributed by atoms with van der Waals surface area (Å²) in [6.07, 6.45) is 13.1. The number of carbonyl (C=O) groups is 3. The van der Waals surface area contributed by atoms with Crippen molar-refractivity contribution in [3.05, 3.63) is 35.9 Å². The molecule has 1 amide bonds. The van der Waals surface area contributed by atoms with Crippen molar-refractivity contribution in [3.63, 3.8) is 0 Å². The lowest BCUT2D eigenvalue weighted by Gasteiger charge is -2.20. The van der Waals surface area contributed by atoms with E-state index in [-0.39, 0.29) is 41.5 Å². The molecule has 0 aromatic heterocycles. The highest BCUT2D eigenvalue weighted by Crippen LogP contribution is 2.34. The van der Waals surface area contributed by atoms with Gasteiger partial charge in [-0.3, -0.25) is 20.0 Å². The van der Waals surface area contributed by atoms with E-state index >= 15 is 0 Å². The lowest BCUT2D eigenvalue weighted by molar-refractivity contribution is -0.268. The van der Waals surface area contributed by atoms with Crippen molar-refractivity contribution in [2.24, 2.45) is 11.8 Å². The molecule has 2 rings (SSSR count). The summed E-state index contributed by atoms with van der Waals surface area (Å²) in [5.41, 5.74) is 0.0769. The molecule has 0 aliphatic heterocycles. The number of nitrogens with zero attached hydrogens (tertiary/aromatic N) is 1. The number of hydrogen-bond acceptors (Lipinski definition) is 9. The molecule has 1 saturated carbocycles. The summed E-state index contributed by atoms with van der Waals surface area (Å²) in [5, 5.41) is 42.6. The highest BCUT2D eigenvalue weighted by atomic mass is 16.8. The molecule has 1 aliphatic rings. The number of allylic oxidation sites excluding steroid dienone is 1. The van der Waals surface area contributed by atoms with Crippen LogP contribution in [0.5, 0.6) is 5.75 Å². The molecule has 10 heteroatoms. The normalized spacial score (nSPS) is 18.6. The van der Waals surface area contributed by atoms with Crippen molar-refractivity contribution in [3.8, 4) is 5.75 Å². The molecular formula is C30H45N2O8-. The second kappa shape index (κ2) is 17.7. The summed E-state index contributed by atoms with van der Waals surface area (Å²) in [6, 6.07) is 2.84. The van der Waals surface area contributed by atoms with Gasteiger partial charge in [0.25, 0.3) is 0 Å². The molecule has 40 heavy (non-hydrogen) atoms. The smallest absolute Gasteiger partial charge is 0.328 e. The molecule has 0 spiro atoms. The van der Waals surface area contributed by atoms with Gasteiger partial charge in [0.1, 0.15) is 11.8 Å². The lowest BCUT2D eigenvalue weighted by Crippen LogP contribution is -2.43. The van der Waals surface area contributed by atoms with E-state index in [2.05, 4.69) is 12.2 Å². The first-order valence-electron chi connectivity index (χ1n) is 14.4. The van der Waals surface area contributed by atoms with Gasteiger partial charge in [-0.15, -0.1) is 5.23 Å². The van der Waals surface area contributed by atoms with Gasteiger partial charge in [0.2, 0.25) is 5.91 Å². The van der Waals surface area contributed by atoms with E-state index in [1.807, 2.05) is 12.2 Å². The number of unbranched alkanes of at least 4 members (excludes halogenated alkanes) is 5. The standard InChI is InChI=1S/C30H46N2O8/c1-3-4-7-10-23(33)16-14-22-15-18-27(34)24(22)11-8-5-6-9-12-29(36)31-25(30(37)40-2)19-21-13-17-28(35)26(20-21)32(38)39/h13-14,16-17,20,22-25,33,35,38-39H,3-12,15,18-19H2,1-2H3,(H,31,36)/p-1/t22-,23-,24-,25-/m1/s1. The number of nitrogens with one attached hydrogen (secondary N) is 1. The summed E-state index contributed by atoms with van der Waals surface area (Å²) in [4.78, 5) is 37.1. The van der Waals surface area contributed by atoms with Crippen molar-refractivity contribution in [1.29, 1.82) is 0 Å². The Hall–Kier alpha value is -2.95. The summed E-state index contributed by atoms with van der Waals surface area (Å²) in [6.45, 7) is 2.13. The minimum atomic E-state index is -0.989. The number of ether oxygens (including phenoxy) is 1. The van der Waals surface area contributed by atoms with Gasteiger partial charge in [0.05, 0.1) is 18.9 Å². The zero-order valence-corrected chi connectivity index (χ0v) is 23.7. The van der Waals surface area contributed by atoms with E-state index in [0.717, 1.165) is 63.9 Å². The topological polar surface area (TPSA) is 159 Å². The molecular weight excluding hydrogens is 516 g/mol. The maximum atomic E-state index is 12.5. The minimum absolute atomic E-state index is 0.00291. The Morgan fingerprint density at radius 1 is 1.18 bits per heavy atom. The quantitative estimate of drug-likeness (QED) is 0.0900. The predicted molar refractivity (Wildman–Crippen MR) is 148 cm³/mol. The lowest BCUT2D eigenvalue weighted by atomic mass is 9.89. The molecule has 1 aliphatic carbocycles. The van der Waals surface area contributed by atoms with E-state index < -0.39 is 23.9 Å². The number of methoxy groups -OCH3 is 1. The predicted octanol–water partition coefficient (Wildman–Crippen LogP) is 3.98. The van der Waals surface area contributed by atoms with E-state index in [4.69, 9.17) is 4.74 Å². The van der Waals surface area contributed by atoms with Crippen molar-refractivity contribution in [2.75, 3.05) is 12.3 Å². The maximum Gasteiger partial charge on any atom is 0.328 e. The number of Topliss-reactive ketones (excluding diaryl/α,β-unsaturated/α-hetero) is 1. The number of benzene rings is 1. The Balaban J connectivity index is 1.74. The Morgan fingerprint density at radius 2 is 1.93 bits per heavy atom. The fourth-order valence-corrected chi connectivity index (χ4v) is 5.20. The summed E-state index contributed by atoms with van der Waals surface area (Å²) < 4.78 is 4.79. The molecule has 0 saturated heterocycles. The highest BCUT2D eigenvalue weighted by Gasteiger charge is 2.32. The number of aliphatic hydroxyl groups excluding tert-OH is 1. The van der Waals surface area contributed by atoms with Crippen molar-refractivity contribution >= 4 is 23.3 Å². The first-order chi connectivity index (χ1) is 19.2. The van der Waals surface area contributed by atoms with Crippen molar-refractivity contribution in [1.82, 2.24) is 5.32 Å². The average molecular weight is 562 g/mol. The van der Waals surface area contributed by atoms with Crippen LogP contribution in [0.15, 0.2) is 30.4 Å². The molecule has 4 atom stereocenters. The van der Waals surface area contributed by atoms with Crippen LogP contribution in [0.2, 0.25) is 0 Å². The van der Waals surface area contributed by atoms with E-state index in [1.165, 1.54) is 19.2 Å². The second-order valence-electron chi connectivity index (χ2n) is 10.6. The first-order valence-corrected chi connectivity index (χ1v) is 14.4. The van der Waals surface area contributed by atoms with Gasteiger partial charge < -0.3 is 20.3 Å². The molecule has 0 bridgehead atoms. The van der Waals surface area contributed by atoms with Crippen molar-refractivity contribution < 1.29 is 39.7 Å². The van der Waals surface area contributed by atoms with Crippen LogP contribution in [0.3, 0.4) is 0 Å². The first kappa shape index (κ1) is 33.3. The Bertz CT molecular complexity index is 980. The van der Waals surface area contributed by atoms with Crippen LogP contribution in [-0.2, 0) is 25.5 Å². The number of hydrogen-bond donors (Lipinski definition) is 4. The molecule has 1 aromatic rings. The molecule has 0 unspecified atom stereocenters. The van der Waals surface area contributed by atoms with Crippen LogP contribution < -0.4 is 15.6 Å². The summed E-state index contributed by atoms with van der Waals surface area (Å²) >= 11 is 0. The molecule has 10 nitrogen and oxygen atoms in total. The average Bonchev–Trinajstić information content (AvgIpc) is 3.28. The second-order valence-corrected chi connectivity index (χ2v) is 10.6. The number of rotatable bonds is 18. The SMILES string of the molecule is CCCCC[C@@H](O)C=C[C@@H]1CCC(=O)[C@@H]1CCCCCCC(=O)N[C@H](Cc1ccc([O-])c(N(O)O)c1)C(=O)OC. The van der Waals surface area contributed by atoms with E-state index in [1.54, 1.807) is 0 Å².